The molecule has 0 aliphatic heterocycles. The number of rotatable bonds is 5. The Morgan fingerprint density at radius 2 is 1.85 bits per heavy atom. The van der Waals surface area contributed by atoms with E-state index in [-0.39, 0.29) is 0 Å². The monoisotopic (exact) mass is 290 g/mol. The van der Waals surface area contributed by atoms with E-state index in [2.05, 4.69) is 10.3 Å². The second kappa shape index (κ2) is 6.05. The molecule has 0 amide bonds. The van der Waals surface area contributed by atoms with Crippen molar-refractivity contribution in [3.8, 4) is 0 Å². The van der Waals surface area contributed by atoms with Gasteiger partial charge in [0.2, 0.25) is 0 Å². The van der Waals surface area contributed by atoms with E-state index in [0.717, 1.165) is 18.7 Å². The molecule has 1 heterocycles. The zero-order chi connectivity index (χ0) is 14.6. The Morgan fingerprint density at radius 1 is 1.15 bits per heavy atom. The molecular weight excluding hydrogens is 272 g/mol. The van der Waals surface area contributed by atoms with Gasteiger partial charge in [-0.05, 0) is 54.8 Å². The third-order valence-corrected chi connectivity index (χ3v) is 4.27. The van der Waals surface area contributed by atoms with E-state index < -0.39 is 9.84 Å². The van der Waals surface area contributed by atoms with Crippen LogP contribution in [0.25, 0.3) is 0 Å². The van der Waals surface area contributed by atoms with Crippen LogP contribution in [0.5, 0.6) is 0 Å². The number of nitrogens with zero attached hydrogens (tertiary/aromatic N) is 1. The largest absolute Gasteiger partial charge is 0.385 e. The third-order valence-electron chi connectivity index (χ3n) is 3.14. The fourth-order valence-corrected chi connectivity index (χ4v) is 2.57. The molecule has 2 aromatic rings. The van der Waals surface area contributed by atoms with Crippen molar-refractivity contribution in [2.24, 2.45) is 0 Å². The van der Waals surface area contributed by atoms with Crippen molar-refractivity contribution in [2.45, 2.75) is 18.2 Å². The van der Waals surface area contributed by atoms with Gasteiger partial charge in [-0.3, -0.25) is 4.98 Å². The molecule has 2 rings (SSSR count). The van der Waals surface area contributed by atoms with Crippen LogP contribution in [0.4, 0.5) is 5.69 Å². The highest BCUT2D eigenvalue weighted by molar-refractivity contribution is 7.90. The van der Waals surface area contributed by atoms with Gasteiger partial charge in [-0.2, -0.15) is 0 Å². The maximum absolute atomic E-state index is 11.4. The molecule has 4 nitrogen and oxygen atoms in total. The summed E-state index contributed by atoms with van der Waals surface area (Å²) in [5.41, 5.74) is 3.37. The second-order valence-corrected chi connectivity index (χ2v) is 6.79. The minimum Gasteiger partial charge on any atom is -0.385 e. The van der Waals surface area contributed by atoms with Gasteiger partial charge in [0.15, 0.2) is 9.84 Å². The van der Waals surface area contributed by atoms with Crippen molar-refractivity contribution in [3.63, 3.8) is 0 Å². The van der Waals surface area contributed by atoms with E-state index in [1.807, 2.05) is 19.2 Å². The molecule has 0 aliphatic carbocycles. The first kappa shape index (κ1) is 14.5. The number of pyridine rings is 1. The highest BCUT2D eigenvalue weighted by Gasteiger charge is 2.05. The van der Waals surface area contributed by atoms with E-state index in [4.69, 9.17) is 0 Å². The molecule has 106 valence electrons. The Labute approximate surface area is 119 Å². The molecule has 1 aromatic heterocycles. The molecule has 0 atom stereocenters. The summed E-state index contributed by atoms with van der Waals surface area (Å²) in [6.45, 7) is 2.84. The molecule has 0 bridgehead atoms. The number of hydrogen-bond donors (Lipinski definition) is 1. The van der Waals surface area contributed by atoms with E-state index in [0.29, 0.717) is 4.90 Å². The molecule has 0 radical (unpaired) electrons. The van der Waals surface area contributed by atoms with Crippen molar-refractivity contribution >= 4 is 15.5 Å². The molecule has 0 fully saturated rings. The summed E-state index contributed by atoms with van der Waals surface area (Å²) in [4.78, 5) is 4.41. The second-order valence-electron chi connectivity index (χ2n) is 4.78. The van der Waals surface area contributed by atoms with Gasteiger partial charge >= 0.3 is 0 Å². The molecule has 20 heavy (non-hydrogen) atoms. The van der Waals surface area contributed by atoms with Gasteiger partial charge < -0.3 is 5.32 Å². The lowest BCUT2D eigenvalue weighted by atomic mass is 10.1. The predicted molar refractivity (Wildman–Crippen MR) is 80.7 cm³/mol. The summed E-state index contributed by atoms with van der Waals surface area (Å²) in [6, 6.07) is 8.83. The number of anilines is 1. The van der Waals surface area contributed by atoms with Gasteiger partial charge in [0.05, 0.1) is 4.90 Å². The maximum Gasteiger partial charge on any atom is 0.175 e. The van der Waals surface area contributed by atoms with Crippen molar-refractivity contribution in [1.82, 2.24) is 4.98 Å². The molecule has 0 saturated heterocycles. The summed E-state index contributed by atoms with van der Waals surface area (Å²) in [7, 11) is -3.12. The molecule has 0 saturated carbocycles. The number of sulfone groups is 1. The summed E-state index contributed by atoms with van der Waals surface area (Å²) in [5, 5.41) is 3.28. The van der Waals surface area contributed by atoms with Crippen LogP contribution in [0.2, 0.25) is 0 Å². The number of benzene rings is 1. The molecule has 5 heteroatoms. The minimum atomic E-state index is -3.12. The lowest BCUT2D eigenvalue weighted by Gasteiger charge is -2.08. The van der Waals surface area contributed by atoms with E-state index in [1.165, 1.54) is 17.4 Å². The summed E-state index contributed by atoms with van der Waals surface area (Å²) < 4.78 is 22.7. The standard InChI is InChI=1S/C15H18N2O2S/c1-12-11-16-9-7-13(12)8-10-17-14-3-5-15(6-4-14)20(2,18)19/h3-7,9,11,17H,8,10H2,1-2H3. The molecule has 1 aromatic carbocycles. The fourth-order valence-electron chi connectivity index (χ4n) is 1.94. The zero-order valence-electron chi connectivity index (χ0n) is 11.6. The highest BCUT2D eigenvalue weighted by atomic mass is 32.2. The Bertz CT molecular complexity index is 679. The summed E-state index contributed by atoms with van der Waals surface area (Å²) in [5.74, 6) is 0. The topological polar surface area (TPSA) is 59.1 Å². The van der Waals surface area contributed by atoms with Crippen LogP contribution in [0, 0.1) is 6.92 Å². The van der Waals surface area contributed by atoms with Crippen molar-refractivity contribution in [1.29, 1.82) is 0 Å². The summed E-state index contributed by atoms with van der Waals surface area (Å²) >= 11 is 0. The Hall–Kier alpha value is -1.88. The van der Waals surface area contributed by atoms with E-state index in [1.54, 1.807) is 30.5 Å². The number of hydrogen-bond acceptors (Lipinski definition) is 4. The fraction of sp³-hybridized carbons (Fsp3) is 0.267. The third kappa shape index (κ3) is 3.81. The highest BCUT2D eigenvalue weighted by Crippen LogP contribution is 2.14. The van der Waals surface area contributed by atoms with E-state index >= 15 is 0 Å². The van der Waals surface area contributed by atoms with Gasteiger partial charge in [-0.1, -0.05) is 0 Å². The quantitative estimate of drug-likeness (QED) is 0.919. The van der Waals surface area contributed by atoms with Gasteiger partial charge in [0.1, 0.15) is 0 Å². The first-order chi connectivity index (χ1) is 9.47. The van der Waals surface area contributed by atoms with Crippen LogP contribution >= 0.6 is 0 Å². The zero-order valence-corrected chi connectivity index (χ0v) is 12.4. The molecule has 0 aliphatic rings. The first-order valence-electron chi connectivity index (χ1n) is 6.40. The average molecular weight is 290 g/mol. The first-order valence-corrected chi connectivity index (χ1v) is 8.29. The van der Waals surface area contributed by atoms with Gasteiger partial charge in [0, 0.05) is 30.9 Å². The molecule has 0 spiro atoms. The Morgan fingerprint density at radius 3 is 2.45 bits per heavy atom. The van der Waals surface area contributed by atoms with Crippen molar-refractivity contribution < 1.29 is 8.42 Å². The van der Waals surface area contributed by atoms with Crippen molar-refractivity contribution in [2.75, 3.05) is 18.1 Å². The van der Waals surface area contributed by atoms with Gasteiger partial charge in [0.25, 0.3) is 0 Å². The number of nitrogens with one attached hydrogen (secondary N) is 1. The Balaban J connectivity index is 1.94. The normalized spacial score (nSPS) is 11.3. The van der Waals surface area contributed by atoms with E-state index in [9.17, 15) is 8.42 Å². The number of aryl methyl sites for hydroxylation is 1. The van der Waals surface area contributed by atoms with Crippen LogP contribution < -0.4 is 5.32 Å². The lowest BCUT2D eigenvalue weighted by Crippen LogP contribution is -2.06. The minimum absolute atomic E-state index is 0.341. The van der Waals surface area contributed by atoms with Crippen molar-refractivity contribution in [3.05, 3.63) is 53.9 Å². The van der Waals surface area contributed by atoms with Crippen LogP contribution in [0.3, 0.4) is 0 Å². The predicted octanol–water partition coefficient (Wildman–Crippen LogP) is 2.45. The van der Waals surface area contributed by atoms with Crippen LogP contribution in [0.1, 0.15) is 11.1 Å². The molecular formula is C15H18N2O2S. The molecule has 1 N–H and O–H groups in total. The van der Waals surface area contributed by atoms with Crippen LogP contribution in [-0.2, 0) is 16.3 Å². The van der Waals surface area contributed by atoms with Crippen LogP contribution in [-0.4, -0.2) is 26.2 Å². The smallest absolute Gasteiger partial charge is 0.175 e. The molecule has 0 unspecified atom stereocenters. The maximum atomic E-state index is 11.4. The SMILES string of the molecule is Cc1cnccc1CCNc1ccc(S(C)(=O)=O)cc1. The van der Waals surface area contributed by atoms with Crippen LogP contribution in [0.15, 0.2) is 47.6 Å². The average Bonchev–Trinajstić information content (AvgIpc) is 2.40. The van der Waals surface area contributed by atoms with Gasteiger partial charge in [-0.15, -0.1) is 0 Å². The van der Waals surface area contributed by atoms with Gasteiger partial charge in [-0.25, -0.2) is 8.42 Å². The Kier molecular flexibility index (Phi) is 4.39. The summed E-state index contributed by atoms with van der Waals surface area (Å²) in [6.07, 6.45) is 5.77. The lowest BCUT2D eigenvalue weighted by molar-refractivity contribution is 0.602. The number of aromatic nitrogens is 1.